The Morgan fingerprint density at radius 2 is 2.19 bits per heavy atom. The number of hydrogen-bond donors (Lipinski definition) is 1. The van der Waals surface area contributed by atoms with Gasteiger partial charge >= 0.3 is 0 Å². The van der Waals surface area contributed by atoms with Gasteiger partial charge in [-0.15, -0.1) is 0 Å². The molecule has 0 spiro atoms. The van der Waals surface area contributed by atoms with Crippen molar-refractivity contribution in [2.24, 2.45) is 0 Å². The van der Waals surface area contributed by atoms with Crippen molar-refractivity contribution in [2.45, 2.75) is 6.92 Å². The highest BCUT2D eigenvalue weighted by molar-refractivity contribution is 5.73. The summed E-state index contributed by atoms with van der Waals surface area (Å²) in [6, 6.07) is 6.12. The highest BCUT2D eigenvalue weighted by Gasteiger charge is 1.98. The van der Waals surface area contributed by atoms with Crippen LogP contribution in [0.5, 0.6) is 5.75 Å². The summed E-state index contributed by atoms with van der Waals surface area (Å²) in [5, 5.41) is 2.51. The molecule has 1 aromatic rings. The molecule has 0 aliphatic carbocycles. The van der Waals surface area contributed by atoms with Crippen LogP contribution >= 0.6 is 0 Å². The van der Waals surface area contributed by atoms with Crippen molar-refractivity contribution in [3.63, 3.8) is 0 Å². The molecule has 4 heteroatoms. The molecule has 0 unspecified atom stereocenters. The van der Waals surface area contributed by atoms with Crippen LogP contribution < -0.4 is 10.1 Å². The number of halogens is 1. The molecule has 0 saturated heterocycles. The Kier molecular flexibility index (Phi) is 4.87. The Balaban J connectivity index is 2.30. The second-order valence-electron chi connectivity index (χ2n) is 2.98. The van der Waals surface area contributed by atoms with Gasteiger partial charge in [0.2, 0.25) is 5.91 Å². The topological polar surface area (TPSA) is 38.3 Å². The predicted molar refractivity (Wildman–Crippen MR) is 58.4 cm³/mol. The Labute approximate surface area is 93.6 Å². The van der Waals surface area contributed by atoms with E-state index in [1.807, 2.05) is 0 Å². The first-order chi connectivity index (χ1) is 7.70. The fourth-order valence-corrected chi connectivity index (χ4v) is 0.958. The average Bonchev–Trinajstić information content (AvgIpc) is 2.25. The minimum atomic E-state index is -0.411. The number of amides is 1. The molecule has 3 nitrogen and oxygen atoms in total. The zero-order valence-electron chi connectivity index (χ0n) is 8.92. The van der Waals surface area contributed by atoms with Gasteiger partial charge in [-0.05, 0) is 12.1 Å². The zero-order valence-corrected chi connectivity index (χ0v) is 8.92. The molecule has 0 heterocycles. The van der Waals surface area contributed by atoms with Crippen LogP contribution in [0.4, 0.5) is 4.39 Å². The maximum absolute atomic E-state index is 13.0. The molecule has 0 aliphatic rings. The van der Waals surface area contributed by atoms with E-state index in [1.165, 1.54) is 19.1 Å². The monoisotopic (exact) mass is 221 g/mol. The number of nitrogens with one attached hydrogen (secondary N) is 1. The maximum atomic E-state index is 13.0. The second kappa shape index (κ2) is 6.46. The van der Waals surface area contributed by atoms with Crippen molar-refractivity contribution in [1.29, 1.82) is 0 Å². The van der Waals surface area contributed by atoms with Gasteiger partial charge in [0.15, 0.2) is 11.6 Å². The minimum Gasteiger partial charge on any atom is -0.478 e. The smallest absolute Gasteiger partial charge is 0.217 e. The van der Waals surface area contributed by atoms with E-state index in [4.69, 9.17) is 4.74 Å². The molecule has 0 atom stereocenters. The summed E-state index contributed by atoms with van der Waals surface area (Å²) in [7, 11) is 0. The molecule has 84 valence electrons. The van der Waals surface area contributed by atoms with Crippen LogP contribution in [0.15, 0.2) is 24.3 Å². The first-order valence-corrected chi connectivity index (χ1v) is 4.77. The summed E-state index contributed by atoms with van der Waals surface area (Å²) in [6.07, 6.45) is 0. The van der Waals surface area contributed by atoms with E-state index in [0.29, 0.717) is 0 Å². The number of para-hydroxylation sites is 1. The van der Waals surface area contributed by atoms with E-state index >= 15 is 0 Å². The van der Waals surface area contributed by atoms with Crippen LogP contribution in [0.25, 0.3) is 0 Å². The molecule has 16 heavy (non-hydrogen) atoms. The van der Waals surface area contributed by atoms with Crippen LogP contribution in [-0.4, -0.2) is 19.1 Å². The lowest BCUT2D eigenvalue weighted by Gasteiger charge is -2.01. The summed E-state index contributed by atoms with van der Waals surface area (Å²) in [5.41, 5.74) is 0. The van der Waals surface area contributed by atoms with Crippen molar-refractivity contribution >= 4 is 5.91 Å². The van der Waals surface area contributed by atoms with Crippen LogP contribution in [0, 0.1) is 17.7 Å². The third-order valence-electron chi connectivity index (χ3n) is 1.69. The SMILES string of the molecule is CC(=O)NCC#CCOc1ccccc1F. The lowest BCUT2D eigenvalue weighted by molar-refractivity contribution is -0.118. The van der Waals surface area contributed by atoms with Crippen molar-refractivity contribution in [1.82, 2.24) is 5.32 Å². The van der Waals surface area contributed by atoms with Gasteiger partial charge < -0.3 is 10.1 Å². The van der Waals surface area contributed by atoms with Crippen molar-refractivity contribution in [2.75, 3.05) is 13.2 Å². The molecule has 0 aromatic heterocycles. The molecule has 0 radical (unpaired) electrons. The van der Waals surface area contributed by atoms with E-state index in [0.717, 1.165) is 0 Å². The largest absolute Gasteiger partial charge is 0.478 e. The summed E-state index contributed by atoms with van der Waals surface area (Å²) in [4.78, 5) is 10.5. The van der Waals surface area contributed by atoms with Crippen LogP contribution in [0.2, 0.25) is 0 Å². The summed E-state index contributed by atoms with van der Waals surface area (Å²) < 4.78 is 18.1. The van der Waals surface area contributed by atoms with Crippen LogP contribution in [0.1, 0.15) is 6.92 Å². The van der Waals surface area contributed by atoms with Gasteiger partial charge in [-0.1, -0.05) is 24.0 Å². The number of carbonyl (C=O) groups excluding carboxylic acids is 1. The van der Waals surface area contributed by atoms with Gasteiger partial charge in [-0.25, -0.2) is 4.39 Å². The molecule has 1 N–H and O–H groups in total. The first kappa shape index (κ1) is 12.1. The standard InChI is InChI=1S/C12H12FNO2/c1-10(15)14-8-4-5-9-16-12-7-3-2-6-11(12)13/h2-3,6-7H,8-9H2,1H3,(H,14,15). The number of benzene rings is 1. The predicted octanol–water partition coefficient (Wildman–Crippen LogP) is 1.34. The number of hydrogen-bond acceptors (Lipinski definition) is 2. The average molecular weight is 221 g/mol. The Morgan fingerprint density at radius 1 is 1.44 bits per heavy atom. The Hall–Kier alpha value is -2.02. The third kappa shape index (κ3) is 4.47. The number of rotatable bonds is 3. The fraction of sp³-hybridized carbons (Fsp3) is 0.250. The van der Waals surface area contributed by atoms with Crippen molar-refractivity contribution in [3.05, 3.63) is 30.1 Å². The minimum absolute atomic E-state index is 0.0977. The lowest BCUT2D eigenvalue weighted by atomic mass is 10.3. The molecule has 0 saturated carbocycles. The number of carbonyl (C=O) groups is 1. The normalized spacial score (nSPS) is 8.88. The van der Waals surface area contributed by atoms with Crippen LogP contribution in [-0.2, 0) is 4.79 Å². The highest BCUT2D eigenvalue weighted by Crippen LogP contribution is 2.14. The van der Waals surface area contributed by atoms with Gasteiger partial charge in [-0.3, -0.25) is 4.79 Å². The van der Waals surface area contributed by atoms with Gasteiger partial charge in [0, 0.05) is 6.92 Å². The summed E-state index contributed by atoms with van der Waals surface area (Å²) >= 11 is 0. The fourth-order valence-electron chi connectivity index (χ4n) is 0.958. The van der Waals surface area contributed by atoms with Crippen molar-refractivity contribution < 1.29 is 13.9 Å². The Bertz CT molecular complexity index is 421. The quantitative estimate of drug-likeness (QED) is 0.782. The summed E-state index contributed by atoms with van der Waals surface area (Å²) in [5.74, 6) is 4.97. The summed E-state index contributed by atoms with van der Waals surface area (Å²) in [6.45, 7) is 1.79. The lowest BCUT2D eigenvalue weighted by Crippen LogP contribution is -2.19. The Morgan fingerprint density at radius 3 is 2.88 bits per heavy atom. The first-order valence-electron chi connectivity index (χ1n) is 4.77. The zero-order chi connectivity index (χ0) is 11.8. The second-order valence-corrected chi connectivity index (χ2v) is 2.98. The van der Waals surface area contributed by atoms with E-state index in [9.17, 15) is 9.18 Å². The van der Waals surface area contributed by atoms with E-state index < -0.39 is 5.82 Å². The van der Waals surface area contributed by atoms with Gasteiger partial charge in [0.1, 0.15) is 6.61 Å². The van der Waals surface area contributed by atoms with Crippen molar-refractivity contribution in [3.8, 4) is 17.6 Å². The van der Waals surface area contributed by atoms with Gasteiger partial charge in [-0.2, -0.15) is 0 Å². The van der Waals surface area contributed by atoms with E-state index in [1.54, 1.807) is 12.1 Å². The van der Waals surface area contributed by atoms with Gasteiger partial charge in [0.25, 0.3) is 0 Å². The molecular weight excluding hydrogens is 209 g/mol. The molecule has 0 fully saturated rings. The van der Waals surface area contributed by atoms with E-state index in [-0.39, 0.29) is 24.8 Å². The molecule has 0 bridgehead atoms. The molecule has 1 aromatic carbocycles. The number of ether oxygens (including phenoxy) is 1. The molecule has 0 aliphatic heterocycles. The van der Waals surface area contributed by atoms with Crippen LogP contribution in [0.3, 0.4) is 0 Å². The molecule has 1 amide bonds. The third-order valence-corrected chi connectivity index (χ3v) is 1.69. The van der Waals surface area contributed by atoms with Gasteiger partial charge in [0.05, 0.1) is 6.54 Å². The molecule has 1 rings (SSSR count). The highest BCUT2D eigenvalue weighted by atomic mass is 19.1. The maximum Gasteiger partial charge on any atom is 0.217 e. The molecular formula is C12H12FNO2. The van der Waals surface area contributed by atoms with E-state index in [2.05, 4.69) is 17.2 Å².